The topological polar surface area (TPSA) is 0 Å². The average Bonchev–Trinajstić information content (AvgIpc) is 2.63. The summed E-state index contributed by atoms with van der Waals surface area (Å²) in [5.41, 5.74) is 4.14. The second-order valence-electron chi connectivity index (χ2n) is 7.28. The lowest BCUT2D eigenvalue weighted by Gasteiger charge is -2.28. The van der Waals surface area contributed by atoms with Crippen molar-refractivity contribution in [3.63, 3.8) is 0 Å². The zero-order chi connectivity index (χ0) is 15.9. The Balaban J connectivity index is 1.48. The van der Waals surface area contributed by atoms with Crippen molar-refractivity contribution in [3.8, 4) is 11.1 Å². The number of benzene rings is 2. The fraction of sp³-hybridized carbons (Fsp3) is 0.478. The molecule has 0 spiro atoms. The molecule has 1 saturated carbocycles. The summed E-state index contributed by atoms with van der Waals surface area (Å²) in [6.45, 7) is 2.32. The molecule has 0 heterocycles. The van der Waals surface area contributed by atoms with Gasteiger partial charge in [0.1, 0.15) is 0 Å². The smallest absolute Gasteiger partial charge is 0.0184 e. The Morgan fingerprint density at radius 2 is 1.26 bits per heavy atom. The zero-order valence-electron chi connectivity index (χ0n) is 14.5. The van der Waals surface area contributed by atoms with Crippen LogP contribution in [-0.4, -0.2) is 0 Å². The molecule has 3 rings (SSSR count). The normalized spacial score (nSPS) is 21.3. The third-order valence-electron chi connectivity index (χ3n) is 5.57. The maximum atomic E-state index is 2.32. The molecule has 0 radical (unpaired) electrons. The molecule has 122 valence electrons. The first-order chi connectivity index (χ1) is 11.3. The van der Waals surface area contributed by atoms with Crippen LogP contribution in [-0.2, 0) is 6.42 Å². The highest BCUT2D eigenvalue weighted by Gasteiger charge is 2.20. The van der Waals surface area contributed by atoms with Gasteiger partial charge in [-0.1, -0.05) is 100 Å². The Bertz CT molecular complexity index is 559. The molecule has 1 aliphatic rings. The largest absolute Gasteiger partial charge is 0.0654 e. The third-order valence-corrected chi connectivity index (χ3v) is 5.57. The molecule has 1 fully saturated rings. The van der Waals surface area contributed by atoms with Gasteiger partial charge in [0.05, 0.1) is 0 Å². The molecule has 0 unspecified atom stereocenters. The molecule has 0 amide bonds. The Kier molecular flexibility index (Phi) is 5.91. The molecule has 23 heavy (non-hydrogen) atoms. The Hall–Kier alpha value is -1.56. The number of hydrogen-bond donors (Lipinski definition) is 0. The molecule has 0 nitrogen and oxygen atoms in total. The monoisotopic (exact) mass is 306 g/mol. The molecule has 2 aromatic rings. The Morgan fingerprint density at radius 3 is 1.87 bits per heavy atom. The summed E-state index contributed by atoms with van der Waals surface area (Å²) in [6, 6.07) is 19.9. The van der Waals surface area contributed by atoms with E-state index in [0.29, 0.717) is 0 Å². The van der Waals surface area contributed by atoms with E-state index in [2.05, 4.69) is 61.5 Å². The van der Waals surface area contributed by atoms with Crippen molar-refractivity contribution in [3.05, 3.63) is 60.2 Å². The van der Waals surface area contributed by atoms with Crippen LogP contribution in [0.2, 0.25) is 0 Å². The van der Waals surface area contributed by atoms with Crippen LogP contribution in [0.1, 0.15) is 57.4 Å². The van der Waals surface area contributed by atoms with Crippen molar-refractivity contribution in [1.82, 2.24) is 0 Å². The van der Waals surface area contributed by atoms with Crippen LogP contribution in [0.15, 0.2) is 54.6 Å². The van der Waals surface area contributed by atoms with E-state index in [-0.39, 0.29) is 0 Å². The predicted octanol–water partition coefficient (Wildman–Crippen LogP) is 6.89. The van der Waals surface area contributed by atoms with Gasteiger partial charge in [-0.3, -0.25) is 0 Å². The zero-order valence-corrected chi connectivity index (χ0v) is 14.5. The maximum Gasteiger partial charge on any atom is -0.0184 e. The van der Waals surface area contributed by atoms with Crippen LogP contribution in [0.5, 0.6) is 0 Å². The highest BCUT2D eigenvalue weighted by Crippen LogP contribution is 2.34. The quantitative estimate of drug-likeness (QED) is 0.545. The van der Waals surface area contributed by atoms with Crippen molar-refractivity contribution in [2.45, 2.75) is 58.3 Å². The van der Waals surface area contributed by atoms with Gasteiger partial charge in [0.15, 0.2) is 0 Å². The molecule has 0 heteroatoms. The fourth-order valence-corrected chi connectivity index (χ4v) is 4.08. The van der Waals surface area contributed by atoms with Gasteiger partial charge in [-0.25, -0.2) is 0 Å². The van der Waals surface area contributed by atoms with Gasteiger partial charge >= 0.3 is 0 Å². The molecule has 1 aliphatic carbocycles. The first-order valence-corrected chi connectivity index (χ1v) is 9.49. The molecule has 0 bridgehead atoms. The summed E-state index contributed by atoms with van der Waals surface area (Å²) < 4.78 is 0. The average molecular weight is 306 g/mol. The Morgan fingerprint density at radius 1 is 0.696 bits per heavy atom. The third kappa shape index (κ3) is 4.70. The SMILES string of the molecule is CCC[C@H]1CC[C@H](CCc2ccc(-c3ccccc3)cc2)CC1. The highest BCUT2D eigenvalue weighted by atomic mass is 14.3. The van der Waals surface area contributed by atoms with Crippen LogP contribution < -0.4 is 0 Å². The van der Waals surface area contributed by atoms with Crippen molar-refractivity contribution in [1.29, 1.82) is 0 Å². The summed E-state index contributed by atoms with van der Waals surface area (Å²) in [6.07, 6.45) is 11.3. The van der Waals surface area contributed by atoms with Crippen molar-refractivity contribution in [2.24, 2.45) is 11.8 Å². The molecular weight excluding hydrogens is 276 g/mol. The summed E-state index contributed by atoms with van der Waals surface area (Å²) in [7, 11) is 0. The summed E-state index contributed by atoms with van der Waals surface area (Å²) in [4.78, 5) is 0. The molecule has 0 N–H and O–H groups in total. The number of rotatable bonds is 6. The molecular formula is C23H30. The van der Waals surface area contributed by atoms with Crippen LogP contribution >= 0.6 is 0 Å². The van der Waals surface area contributed by atoms with Gasteiger partial charge in [-0.05, 0) is 41.4 Å². The van der Waals surface area contributed by atoms with Gasteiger partial charge < -0.3 is 0 Å². The molecule has 2 aromatic carbocycles. The number of hydrogen-bond acceptors (Lipinski definition) is 0. The fourth-order valence-electron chi connectivity index (χ4n) is 4.08. The minimum atomic E-state index is 0.969. The lowest BCUT2D eigenvalue weighted by molar-refractivity contribution is 0.252. The first-order valence-electron chi connectivity index (χ1n) is 9.49. The van der Waals surface area contributed by atoms with E-state index < -0.39 is 0 Å². The minimum absolute atomic E-state index is 0.969. The van der Waals surface area contributed by atoms with Crippen LogP contribution in [0.25, 0.3) is 11.1 Å². The molecule has 0 aliphatic heterocycles. The molecule has 0 atom stereocenters. The van der Waals surface area contributed by atoms with Gasteiger partial charge in [0.25, 0.3) is 0 Å². The highest BCUT2D eigenvalue weighted by molar-refractivity contribution is 5.63. The lowest BCUT2D eigenvalue weighted by Crippen LogP contribution is -2.15. The van der Waals surface area contributed by atoms with Gasteiger partial charge in [-0.2, -0.15) is 0 Å². The second-order valence-corrected chi connectivity index (χ2v) is 7.28. The van der Waals surface area contributed by atoms with E-state index >= 15 is 0 Å². The van der Waals surface area contributed by atoms with E-state index in [4.69, 9.17) is 0 Å². The maximum absolute atomic E-state index is 2.32. The lowest BCUT2D eigenvalue weighted by atomic mass is 9.78. The second kappa shape index (κ2) is 8.34. The van der Waals surface area contributed by atoms with Crippen LogP contribution in [0.3, 0.4) is 0 Å². The first kappa shape index (κ1) is 16.3. The predicted molar refractivity (Wildman–Crippen MR) is 101 cm³/mol. The standard InChI is InChI=1S/C23H30/c1-2-6-19-9-11-20(12-10-19)13-14-21-15-17-23(18-16-21)22-7-4-3-5-8-22/h3-5,7-8,15-20H,2,6,9-14H2,1H3/t19-,20-. The summed E-state index contributed by atoms with van der Waals surface area (Å²) >= 11 is 0. The van der Waals surface area contributed by atoms with Crippen molar-refractivity contribution >= 4 is 0 Å². The molecule has 0 saturated heterocycles. The van der Waals surface area contributed by atoms with Crippen LogP contribution in [0, 0.1) is 11.8 Å². The summed E-state index contributed by atoms with van der Waals surface area (Å²) in [5.74, 6) is 2.00. The van der Waals surface area contributed by atoms with E-state index in [1.807, 2.05) is 0 Å². The van der Waals surface area contributed by atoms with E-state index in [1.54, 1.807) is 0 Å². The van der Waals surface area contributed by atoms with E-state index in [1.165, 1.54) is 68.1 Å². The minimum Gasteiger partial charge on any atom is -0.0654 e. The molecule has 0 aromatic heterocycles. The van der Waals surface area contributed by atoms with E-state index in [9.17, 15) is 0 Å². The van der Waals surface area contributed by atoms with E-state index in [0.717, 1.165) is 11.8 Å². The van der Waals surface area contributed by atoms with Crippen molar-refractivity contribution in [2.75, 3.05) is 0 Å². The van der Waals surface area contributed by atoms with Crippen molar-refractivity contribution < 1.29 is 0 Å². The summed E-state index contributed by atoms with van der Waals surface area (Å²) in [5, 5.41) is 0. The van der Waals surface area contributed by atoms with Gasteiger partial charge in [0, 0.05) is 0 Å². The number of aryl methyl sites for hydroxylation is 1. The van der Waals surface area contributed by atoms with Gasteiger partial charge in [0.2, 0.25) is 0 Å². The van der Waals surface area contributed by atoms with Gasteiger partial charge in [-0.15, -0.1) is 0 Å². The Labute approximate surface area is 141 Å². The van der Waals surface area contributed by atoms with Crippen LogP contribution in [0.4, 0.5) is 0 Å².